The van der Waals surface area contributed by atoms with E-state index < -0.39 is 10.0 Å². The zero-order valence-electron chi connectivity index (χ0n) is 15.8. The summed E-state index contributed by atoms with van der Waals surface area (Å²) in [6.07, 6.45) is 2.06. The van der Waals surface area contributed by atoms with E-state index in [1.807, 2.05) is 30.3 Å². The Labute approximate surface area is 165 Å². The highest BCUT2D eigenvalue weighted by Crippen LogP contribution is 2.41. The Morgan fingerprint density at radius 2 is 2.00 bits per heavy atom. The van der Waals surface area contributed by atoms with Gasteiger partial charge in [-0.2, -0.15) is 5.26 Å². The minimum Gasteiger partial charge on any atom is -0.493 e. The highest BCUT2D eigenvalue weighted by Gasteiger charge is 2.38. The average molecular weight is 398 g/mol. The Balaban J connectivity index is 1.38. The van der Waals surface area contributed by atoms with Gasteiger partial charge in [0.2, 0.25) is 10.0 Å². The highest BCUT2D eigenvalue weighted by atomic mass is 32.2. The standard InChI is InChI=1S/C21H23N3O3S/c1-28(25,26)23-18-5-2-15(3-6-18)8-9-24-12-17-14-27-21-7-4-16(11-22)10-19(21)20(17)13-24/h2-7,10,17,20,23H,8-9,12-14H2,1H3/t17-,20+/m0/s1. The van der Waals surface area contributed by atoms with Gasteiger partial charge in [-0.05, 0) is 42.3 Å². The summed E-state index contributed by atoms with van der Waals surface area (Å²) < 4.78 is 31.0. The molecule has 2 atom stereocenters. The van der Waals surface area contributed by atoms with E-state index in [1.54, 1.807) is 12.1 Å². The number of benzene rings is 2. The molecule has 0 unspecified atom stereocenters. The Morgan fingerprint density at radius 1 is 1.21 bits per heavy atom. The molecule has 2 aromatic rings. The van der Waals surface area contributed by atoms with Crippen molar-refractivity contribution in [2.75, 3.05) is 37.2 Å². The summed E-state index contributed by atoms with van der Waals surface area (Å²) in [5.41, 5.74) is 3.61. The van der Waals surface area contributed by atoms with Crippen molar-refractivity contribution in [2.45, 2.75) is 12.3 Å². The Kier molecular flexibility index (Phi) is 5.00. The van der Waals surface area contributed by atoms with E-state index in [2.05, 4.69) is 15.7 Å². The molecule has 6 nitrogen and oxygen atoms in total. The van der Waals surface area contributed by atoms with Gasteiger partial charge in [0.05, 0.1) is 24.5 Å². The number of nitriles is 1. The summed E-state index contributed by atoms with van der Waals surface area (Å²) in [6, 6.07) is 15.5. The number of rotatable bonds is 5. The zero-order valence-corrected chi connectivity index (χ0v) is 16.6. The first-order valence-electron chi connectivity index (χ1n) is 9.37. The predicted molar refractivity (Wildman–Crippen MR) is 108 cm³/mol. The molecule has 2 aromatic carbocycles. The fourth-order valence-electron chi connectivity index (χ4n) is 4.14. The second-order valence-electron chi connectivity index (χ2n) is 7.62. The van der Waals surface area contributed by atoms with Gasteiger partial charge in [-0.3, -0.25) is 4.72 Å². The van der Waals surface area contributed by atoms with E-state index >= 15 is 0 Å². The quantitative estimate of drug-likeness (QED) is 0.839. The molecule has 0 spiro atoms. The molecule has 2 aliphatic rings. The van der Waals surface area contributed by atoms with Gasteiger partial charge in [-0.25, -0.2) is 8.42 Å². The van der Waals surface area contributed by atoms with Crippen molar-refractivity contribution in [3.8, 4) is 11.8 Å². The molecule has 0 amide bonds. The van der Waals surface area contributed by atoms with Crippen LogP contribution in [0.3, 0.4) is 0 Å². The van der Waals surface area contributed by atoms with Crippen LogP contribution in [0.25, 0.3) is 0 Å². The van der Waals surface area contributed by atoms with E-state index in [0.29, 0.717) is 23.1 Å². The number of nitrogens with one attached hydrogen (secondary N) is 1. The van der Waals surface area contributed by atoms with Crippen molar-refractivity contribution in [1.82, 2.24) is 4.90 Å². The largest absolute Gasteiger partial charge is 0.493 e. The van der Waals surface area contributed by atoms with E-state index in [1.165, 1.54) is 5.56 Å². The Bertz CT molecular complexity index is 1010. The second kappa shape index (κ2) is 7.46. The summed E-state index contributed by atoms with van der Waals surface area (Å²) in [6.45, 7) is 3.64. The zero-order chi connectivity index (χ0) is 19.7. The van der Waals surface area contributed by atoms with Gasteiger partial charge in [0.25, 0.3) is 0 Å². The van der Waals surface area contributed by atoms with Crippen LogP contribution in [-0.2, 0) is 16.4 Å². The van der Waals surface area contributed by atoms with Crippen molar-refractivity contribution < 1.29 is 13.2 Å². The number of ether oxygens (including phenoxy) is 1. The molecule has 146 valence electrons. The number of sulfonamides is 1. The maximum absolute atomic E-state index is 11.3. The molecule has 4 rings (SSSR count). The maximum atomic E-state index is 11.3. The molecule has 0 radical (unpaired) electrons. The summed E-state index contributed by atoms with van der Waals surface area (Å²) in [7, 11) is -3.25. The third-order valence-electron chi connectivity index (χ3n) is 5.48. The predicted octanol–water partition coefficient (Wildman–Crippen LogP) is 2.58. The van der Waals surface area contributed by atoms with Gasteiger partial charge < -0.3 is 9.64 Å². The molecule has 0 bridgehead atoms. The molecule has 28 heavy (non-hydrogen) atoms. The van der Waals surface area contributed by atoms with Crippen LogP contribution in [0.5, 0.6) is 5.75 Å². The molecule has 0 aromatic heterocycles. The summed E-state index contributed by atoms with van der Waals surface area (Å²) in [5.74, 6) is 1.79. The van der Waals surface area contributed by atoms with E-state index in [9.17, 15) is 13.7 Å². The van der Waals surface area contributed by atoms with E-state index in [0.717, 1.165) is 50.2 Å². The molecular weight excluding hydrogens is 374 g/mol. The molecule has 2 aliphatic heterocycles. The molecule has 2 heterocycles. The molecule has 0 saturated carbocycles. The van der Waals surface area contributed by atoms with E-state index in [-0.39, 0.29) is 0 Å². The van der Waals surface area contributed by atoms with Crippen molar-refractivity contribution in [1.29, 1.82) is 5.26 Å². The molecule has 1 saturated heterocycles. The van der Waals surface area contributed by atoms with Gasteiger partial charge >= 0.3 is 0 Å². The van der Waals surface area contributed by atoms with Crippen molar-refractivity contribution in [3.05, 3.63) is 59.2 Å². The number of hydrogen-bond acceptors (Lipinski definition) is 5. The lowest BCUT2D eigenvalue weighted by Crippen LogP contribution is -2.25. The minimum atomic E-state index is -3.25. The highest BCUT2D eigenvalue weighted by molar-refractivity contribution is 7.92. The Hall–Kier alpha value is -2.56. The summed E-state index contributed by atoms with van der Waals surface area (Å²) in [4.78, 5) is 2.45. The minimum absolute atomic E-state index is 0.415. The molecular formula is C21H23N3O3S. The fraction of sp³-hybridized carbons (Fsp3) is 0.381. The number of anilines is 1. The smallest absolute Gasteiger partial charge is 0.229 e. The van der Waals surface area contributed by atoms with Gasteiger partial charge in [0.15, 0.2) is 0 Å². The van der Waals surface area contributed by atoms with Crippen LogP contribution in [0.4, 0.5) is 5.69 Å². The van der Waals surface area contributed by atoms with Crippen molar-refractivity contribution in [2.24, 2.45) is 5.92 Å². The lowest BCUT2D eigenvalue weighted by molar-refractivity contribution is 0.213. The van der Waals surface area contributed by atoms with Gasteiger partial charge in [0.1, 0.15) is 5.75 Å². The number of fused-ring (bicyclic) bond motifs is 3. The third-order valence-corrected chi connectivity index (χ3v) is 6.09. The molecule has 7 heteroatoms. The molecule has 1 N–H and O–H groups in total. The monoisotopic (exact) mass is 397 g/mol. The lowest BCUT2D eigenvalue weighted by Gasteiger charge is -2.27. The van der Waals surface area contributed by atoms with Gasteiger partial charge in [-0.15, -0.1) is 0 Å². The van der Waals surface area contributed by atoms with Crippen LogP contribution in [0.15, 0.2) is 42.5 Å². The summed E-state index contributed by atoms with van der Waals surface area (Å²) in [5, 5.41) is 9.18. The van der Waals surface area contributed by atoms with Crippen molar-refractivity contribution >= 4 is 15.7 Å². The number of likely N-dealkylation sites (tertiary alicyclic amines) is 1. The first kappa shape index (κ1) is 18.8. The average Bonchev–Trinajstić information content (AvgIpc) is 3.09. The number of hydrogen-bond donors (Lipinski definition) is 1. The van der Waals surface area contributed by atoms with Crippen LogP contribution in [-0.4, -0.2) is 45.8 Å². The topological polar surface area (TPSA) is 82.4 Å². The van der Waals surface area contributed by atoms with Crippen LogP contribution < -0.4 is 9.46 Å². The second-order valence-corrected chi connectivity index (χ2v) is 9.37. The maximum Gasteiger partial charge on any atom is 0.229 e. The van der Waals surface area contributed by atoms with E-state index in [4.69, 9.17) is 4.74 Å². The molecule has 1 fully saturated rings. The summed E-state index contributed by atoms with van der Waals surface area (Å²) >= 11 is 0. The van der Waals surface area contributed by atoms with Crippen LogP contribution in [0, 0.1) is 17.2 Å². The van der Waals surface area contributed by atoms with Gasteiger partial charge in [-0.1, -0.05) is 12.1 Å². The van der Waals surface area contributed by atoms with Crippen LogP contribution in [0.2, 0.25) is 0 Å². The normalized spacial score (nSPS) is 21.3. The first-order chi connectivity index (χ1) is 13.4. The third kappa shape index (κ3) is 4.13. The lowest BCUT2D eigenvalue weighted by atomic mass is 9.86. The van der Waals surface area contributed by atoms with Gasteiger partial charge in [0, 0.05) is 42.7 Å². The Morgan fingerprint density at radius 3 is 2.71 bits per heavy atom. The molecule has 0 aliphatic carbocycles. The fourth-order valence-corrected chi connectivity index (χ4v) is 4.71. The van der Waals surface area contributed by atoms with Crippen molar-refractivity contribution in [3.63, 3.8) is 0 Å². The number of nitrogens with zero attached hydrogens (tertiary/aromatic N) is 2. The van der Waals surface area contributed by atoms with Crippen LogP contribution >= 0.6 is 0 Å². The van der Waals surface area contributed by atoms with Crippen LogP contribution in [0.1, 0.15) is 22.6 Å². The SMILES string of the molecule is CS(=O)(=O)Nc1ccc(CCN2C[C@H]3COc4ccc(C#N)cc4[C@@H]3C2)cc1. The first-order valence-corrected chi connectivity index (χ1v) is 11.3.